The summed E-state index contributed by atoms with van der Waals surface area (Å²) in [5, 5.41) is 19.5. The van der Waals surface area contributed by atoms with Gasteiger partial charge in [-0.25, -0.2) is 4.68 Å². The number of benzene rings is 1. The zero-order chi connectivity index (χ0) is 17.6. The van der Waals surface area contributed by atoms with Crippen LogP contribution >= 0.6 is 0 Å². The monoisotopic (exact) mass is 339 g/mol. The summed E-state index contributed by atoms with van der Waals surface area (Å²) < 4.78 is 1.82. The van der Waals surface area contributed by atoms with Gasteiger partial charge in [-0.2, -0.15) is 9.90 Å². The normalized spacial score (nSPS) is 12.1. The van der Waals surface area contributed by atoms with Crippen LogP contribution in [-0.4, -0.2) is 35.9 Å². The lowest BCUT2D eigenvalue weighted by atomic mass is 10.2. The van der Waals surface area contributed by atoms with Crippen molar-refractivity contribution in [3.05, 3.63) is 42.6 Å². The highest BCUT2D eigenvalue weighted by atomic mass is 16.1. The Labute approximate surface area is 145 Å². The molecule has 0 unspecified atom stereocenters. The number of nitrogens with one attached hydrogen (secondary N) is 1. The molecule has 0 saturated heterocycles. The lowest BCUT2D eigenvalue weighted by molar-refractivity contribution is -0.116. The van der Waals surface area contributed by atoms with Crippen molar-refractivity contribution < 1.29 is 4.79 Å². The van der Waals surface area contributed by atoms with Gasteiger partial charge in [0.05, 0.1) is 18.8 Å². The van der Waals surface area contributed by atoms with Crippen LogP contribution in [-0.2, 0) is 11.3 Å². The largest absolute Gasteiger partial charge is 0.311 e. The van der Waals surface area contributed by atoms with Gasteiger partial charge in [-0.05, 0) is 18.6 Å². The zero-order valence-corrected chi connectivity index (χ0v) is 14.3. The maximum Gasteiger partial charge on any atom is 0.227 e. The Kier molecular flexibility index (Phi) is 5.17. The van der Waals surface area contributed by atoms with E-state index in [9.17, 15) is 4.79 Å². The second-order valence-electron chi connectivity index (χ2n) is 5.79. The molecule has 0 spiro atoms. The van der Waals surface area contributed by atoms with Crippen molar-refractivity contribution in [2.75, 3.05) is 5.32 Å². The molecule has 130 valence electrons. The maximum absolute atomic E-state index is 12.2. The molecule has 0 fully saturated rings. The van der Waals surface area contributed by atoms with E-state index in [0.29, 0.717) is 18.2 Å². The Hall–Kier alpha value is -3.03. The molecule has 0 aliphatic heterocycles. The maximum atomic E-state index is 12.2. The fourth-order valence-electron chi connectivity index (χ4n) is 2.39. The molecule has 0 aliphatic rings. The molecule has 0 bridgehead atoms. The van der Waals surface area contributed by atoms with Gasteiger partial charge in [-0.1, -0.05) is 37.3 Å². The minimum atomic E-state index is -0.108. The number of tetrazole rings is 1. The van der Waals surface area contributed by atoms with Gasteiger partial charge in [-0.15, -0.1) is 10.2 Å². The van der Waals surface area contributed by atoms with Crippen LogP contribution in [0.25, 0.3) is 11.4 Å². The van der Waals surface area contributed by atoms with Crippen molar-refractivity contribution in [1.29, 1.82) is 0 Å². The Morgan fingerprint density at radius 3 is 2.80 bits per heavy atom. The first-order valence-electron chi connectivity index (χ1n) is 8.34. The van der Waals surface area contributed by atoms with E-state index in [0.717, 1.165) is 12.0 Å². The van der Waals surface area contributed by atoms with Crippen molar-refractivity contribution >= 4 is 11.7 Å². The van der Waals surface area contributed by atoms with E-state index in [1.165, 1.54) is 4.80 Å². The van der Waals surface area contributed by atoms with Gasteiger partial charge < -0.3 is 5.32 Å². The second kappa shape index (κ2) is 7.69. The molecule has 8 heteroatoms. The Morgan fingerprint density at radius 2 is 2.04 bits per heavy atom. The molecule has 1 aromatic carbocycles. The van der Waals surface area contributed by atoms with Gasteiger partial charge in [0.25, 0.3) is 0 Å². The predicted octanol–water partition coefficient (Wildman–Crippen LogP) is 2.54. The Bertz CT molecular complexity index is 824. The molecule has 1 atom stereocenters. The zero-order valence-electron chi connectivity index (χ0n) is 14.3. The third-order valence-corrected chi connectivity index (χ3v) is 3.97. The van der Waals surface area contributed by atoms with Crippen LogP contribution in [0.3, 0.4) is 0 Å². The number of rotatable bonds is 7. The summed E-state index contributed by atoms with van der Waals surface area (Å²) in [4.78, 5) is 13.6. The number of hydrogen-bond donors (Lipinski definition) is 1. The van der Waals surface area contributed by atoms with E-state index in [4.69, 9.17) is 0 Å². The third kappa shape index (κ3) is 4.09. The summed E-state index contributed by atoms with van der Waals surface area (Å²) in [6, 6.07) is 11.6. The van der Waals surface area contributed by atoms with Gasteiger partial charge >= 0.3 is 0 Å². The van der Waals surface area contributed by atoms with Crippen LogP contribution in [0.5, 0.6) is 0 Å². The average Bonchev–Trinajstić information content (AvgIpc) is 3.29. The van der Waals surface area contributed by atoms with Crippen molar-refractivity contribution in [3.63, 3.8) is 0 Å². The fraction of sp³-hybridized carbons (Fsp3) is 0.353. The van der Waals surface area contributed by atoms with E-state index in [-0.39, 0.29) is 18.4 Å². The topological polar surface area (TPSA) is 90.5 Å². The average molecular weight is 339 g/mol. The van der Waals surface area contributed by atoms with Crippen LogP contribution in [0.4, 0.5) is 5.82 Å². The summed E-state index contributed by atoms with van der Waals surface area (Å²) in [6.45, 7) is 4.51. The van der Waals surface area contributed by atoms with E-state index in [1.54, 1.807) is 12.3 Å². The van der Waals surface area contributed by atoms with Gasteiger partial charge in [0.2, 0.25) is 11.7 Å². The molecule has 8 nitrogen and oxygen atoms in total. The lowest BCUT2D eigenvalue weighted by Gasteiger charge is -2.14. The molecular weight excluding hydrogens is 318 g/mol. The standard InChI is InChI=1S/C17H21N7O/c1-3-13(2)24-15(9-11-18-24)19-16(25)10-12-23-21-17(20-22-23)14-7-5-4-6-8-14/h4-9,11,13H,3,10,12H2,1-2H3,(H,19,25)/t13-/m1/s1. The first kappa shape index (κ1) is 16.8. The van der Waals surface area contributed by atoms with Gasteiger partial charge in [-0.3, -0.25) is 4.79 Å². The fourth-order valence-corrected chi connectivity index (χ4v) is 2.39. The summed E-state index contributed by atoms with van der Waals surface area (Å²) in [5.41, 5.74) is 0.899. The van der Waals surface area contributed by atoms with E-state index >= 15 is 0 Å². The lowest BCUT2D eigenvalue weighted by Crippen LogP contribution is -2.19. The minimum absolute atomic E-state index is 0.108. The molecule has 1 amide bonds. The Balaban J connectivity index is 1.57. The summed E-state index contributed by atoms with van der Waals surface area (Å²) in [6.07, 6.45) is 2.89. The molecule has 3 rings (SSSR count). The first-order valence-corrected chi connectivity index (χ1v) is 8.34. The molecular formula is C17H21N7O. The third-order valence-electron chi connectivity index (χ3n) is 3.97. The first-order chi connectivity index (χ1) is 12.2. The SMILES string of the molecule is CC[C@@H](C)n1nccc1NC(=O)CCn1nnc(-c2ccccc2)n1. The van der Waals surface area contributed by atoms with E-state index in [1.807, 2.05) is 35.0 Å². The van der Waals surface area contributed by atoms with Gasteiger partial charge in [0.15, 0.2) is 0 Å². The van der Waals surface area contributed by atoms with Crippen LogP contribution < -0.4 is 5.32 Å². The highest BCUT2D eigenvalue weighted by molar-refractivity contribution is 5.89. The number of hydrogen-bond acceptors (Lipinski definition) is 5. The number of anilines is 1. The molecule has 0 saturated carbocycles. The van der Waals surface area contributed by atoms with Crippen LogP contribution in [0, 0.1) is 0 Å². The number of aromatic nitrogens is 6. The molecule has 2 heterocycles. The van der Waals surface area contributed by atoms with Crippen molar-refractivity contribution in [3.8, 4) is 11.4 Å². The van der Waals surface area contributed by atoms with Crippen molar-refractivity contribution in [2.24, 2.45) is 0 Å². The van der Waals surface area contributed by atoms with Crippen molar-refractivity contribution in [1.82, 2.24) is 30.0 Å². The quantitative estimate of drug-likeness (QED) is 0.714. The van der Waals surface area contributed by atoms with Crippen LogP contribution in [0.15, 0.2) is 42.6 Å². The highest BCUT2D eigenvalue weighted by Crippen LogP contribution is 2.16. The Morgan fingerprint density at radius 1 is 1.24 bits per heavy atom. The van der Waals surface area contributed by atoms with Gasteiger partial charge in [0.1, 0.15) is 5.82 Å². The van der Waals surface area contributed by atoms with Gasteiger partial charge in [0, 0.05) is 18.1 Å². The molecule has 2 aromatic heterocycles. The second-order valence-corrected chi connectivity index (χ2v) is 5.79. The number of amides is 1. The van der Waals surface area contributed by atoms with E-state index in [2.05, 4.69) is 39.7 Å². The molecule has 3 aromatic rings. The summed E-state index contributed by atoms with van der Waals surface area (Å²) >= 11 is 0. The number of nitrogens with zero attached hydrogens (tertiary/aromatic N) is 6. The minimum Gasteiger partial charge on any atom is -0.311 e. The molecule has 1 N–H and O–H groups in total. The van der Waals surface area contributed by atoms with Crippen molar-refractivity contribution in [2.45, 2.75) is 39.3 Å². The van der Waals surface area contributed by atoms with E-state index < -0.39 is 0 Å². The smallest absolute Gasteiger partial charge is 0.227 e. The summed E-state index contributed by atoms with van der Waals surface area (Å²) in [7, 11) is 0. The molecule has 25 heavy (non-hydrogen) atoms. The predicted molar refractivity (Wildman–Crippen MR) is 93.7 cm³/mol. The molecule has 0 aliphatic carbocycles. The highest BCUT2D eigenvalue weighted by Gasteiger charge is 2.12. The number of carbonyl (C=O) groups is 1. The summed E-state index contributed by atoms with van der Waals surface area (Å²) in [5.74, 6) is 1.15. The molecule has 0 radical (unpaired) electrons. The number of carbonyl (C=O) groups excluding carboxylic acids is 1. The van der Waals surface area contributed by atoms with Crippen LogP contribution in [0.2, 0.25) is 0 Å². The number of aryl methyl sites for hydroxylation is 1. The van der Waals surface area contributed by atoms with Crippen LogP contribution in [0.1, 0.15) is 32.7 Å².